The summed E-state index contributed by atoms with van der Waals surface area (Å²) < 4.78 is 5.13. The van der Waals surface area contributed by atoms with Crippen molar-refractivity contribution in [3.63, 3.8) is 0 Å². The second-order valence-electron chi connectivity index (χ2n) is 4.83. The van der Waals surface area contributed by atoms with E-state index in [1.54, 1.807) is 18.5 Å². The predicted octanol–water partition coefficient (Wildman–Crippen LogP) is 1.49. The van der Waals surface area contributed by atoms with Crippen LogP contribution < -0.4 is 4.90 Å². The zero-order valence-electron chi connectivity index (χ0n) is 11.8. The van der Waals surface area contributed by atoms with E-state index < -0.39 is 6.10 Å². The van der Waals surface area contributed by atoms with Crippen LogP contribution in [-0.4, -0.2) is 38.8 Å². The molecule has 0 saturated carbocycles. The van der Waals surface area contributed by atoms with Gasteiger partial charge in [0, 0.05) is 31.5 Å². The smallest absolute Gasteiger partial charge is 0.263 e. The molecule has 1 unspecified atom stereocenters. The van der Waals surface area contributed by atoms with E-state index in [1.165, 1.54) is 6.33 Å². The first kappa shape index (κ1) is 13.4. The Balaban J connectivity index is 1.87. The van der Waals surface area contributed by atoms with Crippen molar-refractivity contribution in [3.05, 3.63) is 42.1 Å². The Morgan fingerprint density at radius 1 is 1.38 bits per heavy atom. The van der Waals surface area contributed by atoms with Gasteiger partial charge in [-0.3, -0.25) is 4.98 Å². The normalized spacial score (nSPS) is 12.5. The first-order valence-electron chi connectivity index (χ1n) is 6.53. The van der Waals surface area contributed by atoms with Crippen LogP contribution in [0.5, 0.6) is 0 Å². The molecular formula is C14H15N5O2. The summed E-state index contributed by atoms with van der Waals surface area (Å²) in [6, 6.07) is 3.64. The minimum Gasteiger partial charge on any atom is -0.386 e. The molecule has 0 fully saturated rings. The third-order valence-electron chi connectivity index (χ3n) is 3.30. The zero-order valence-corrected chi connectivity index (χ0v) is 11.8. The van der Waals surface area contributed by atoms with E-state index in [2.05, 4.69) is 20.1 Å². The Morgan fingerprint density at radius 3 is 3.00 bits per heavy atom. The summed E-state index contributed by atoms with van der Waals surface area (Å²) in [7, 11) is 1.85. The van der Waals surface area contributed by atoms with Gasteiger partial charge in [-0.2, -0.15) is 4.98 Å². The maximum absolute atomic E-state index is 10.3. The number of aryl methyl sites for hydroxylation is 1. The lowest BCUT2D eigenvalue weighted by atomic mass is 10.1. The lowest BCUT2D eigenvalue weighted by Gasteiger charge is -2.22. The minimum atomic E-state index is -0.658. The zero-order chi connectivity index (χ0) is 14.8. The maximum atomic E-state index is 10.3. The number of nitrogens with zero attached hydrogens (tertiary/aromatic N) is 5. The van der Waals surface area contributed by atoms with Crippen LogP contribution >= 0.6 is 0 Å². The fourth-order valence-electron chi connectivity index (χ4n) is 2.22. The summed E-state index contributed by atoms with van der Waals surface area (Å²) in [5.74, 6) is 0.682. The molecule has 0 aromatic carbocycles. The fourth-order valence-corrected chi connectivity index (χ4v) is 2.22. The Kier molecular flexibility index (Phi) is 3.49. The highest BCUT2D eigenvalue weighted by atomic mass is 16.5. The number of anilines is 1. The maximum Gasteiger partial charge on any atom is 0.263 e. The molecule has 1 atom stereocenters. The summed E-state index contributed by atoms with van der Waals surface area (Å²) in [5.41, 5.74) is 1.93. The number of hydrogen-bond donors (Lipinski definition) is 1. The van der Waals surface area contributed by atoms with Gasteiger partial charge >= 0.3 is 0 Å². The van der Waals surface area contributed by atoms with Crippen molar-refractivity contribution >= 4 is 16.9 Å². The summed E-state index contributed by atoms with van der Waals surface area (Å²) in [5, 5.41) is 14.9. The molecular weight excluding hydrogens is 270 g/mol. The first-order valence-corrected chi connectivity index (χ1v) is 6.53. The number of rotatable bonds is 4. The van der Waals surface area contributed by atoms with E-state index in [-0.39, 0.29) is 0 Å². The Labute approximate surface area is 121 Å². The van der Waals surface area contributed by atoms with E-state index in [0.717, 1.165) is 16.6 Å². The first-order chi connectivity index (χ1) is 10.2. The third kappa shape index (κ3) is 2.55. The molecule has 0 bridgehead atoms. The largest absolute Gasteiger partial charge is 0.386 e. The number of likely N-dealkylation sites (N-methyl/N-ethyl adjacent to an activating group) is 1. The molecule has 108 valence electrons. The van der Waals surface area contributed by atoms with Gasteiger partial charge in [-0.25, -0.2) is 4.98 Å². The number of pyridine rings is 1. The molecule has 0 amide bonds. The van der Waals surface area contributed by atoms with Gasteiger partial charge in [0.2, 0.25) is 0 Å². The number of aliphatic hydroxyl groups is 1. The molecule has 3 rings (SSSR count). The van der Waals surface area contributed by atoms with Crippen molar-refractivity contribution in [2.75, 3.05) is 18.5 Å². The second kappa shape index (κ2) is 5.45. The highest BCUT2D eigenvalue weighted by molar-refractivity contribution is 5.87. The van der Waals surface area contributed by atoms with Gasteiger partial charge in [-0.1, -0.05) is 11.2 Å². The lowest BCUT2D eigenvalue weighted by molar-refractivity contribution is 0.184. The summed E-state index contributed by atoms with van der Waals surface area (Å²) in [4.78, 5) is 14.2. The lowest BCUT2D eigenvalue weighted by Crippen LogP contribution is -2.25. The van der Waals surface area contributed by atoms with E-state index in [0.29, 0.717) is 18.1 Å². The molecule has 0 aliphatic carbocycles. The SMILES string of the molecule is Cc1noc2ncnc(N(C)CC(O)c3cccnc3)c12. The molecule has 3 aromatic heterocycles. The standard InChI is InChI=1S/C14H15N5O2/c1-9-12-13(16-8-17-14(12)21-18-9)19(2)7-11(20)10-4-3-5-15-6-10/h3-6,8,11,20H,7H2,1-2H3. The highest BCUT2D eigenvalue weighted by Crippen LogP contribution is 2.26. The highest BCUT2D eigenvalue weighted by Gasteiger charge is 2.18. The molecule has 0 saturated heterocycles. The number of hydrogen-bond acceptors (Lipinski definition) is 7. The van der Waals surface area contributed by atoms with E-state index in [1.807, 2.05) is 24.9 Å². The molecule has 0 aliphatic rings. The van der Waals surface area contributed by atoms with Crippen molar-refractivity contribution in [2.45, 2.75) is 13.0 Å². The van der Waals surface area contributed by atoms with Crippen LogP contribution in [0.2, 0.25) is 0 Å². The van der Waals surface area contributed by atoms with Crippen molar-refractivity contribution in [2.24, 2.45) is 0 Å². The van der Waals surface area contributed by atoms with Crippen molar-refractivity contribution in [3.8, 4) is 0 Å². The van der Waals surface area contributed by atoms with Crippen LogP contribution in [0.3, 0.4) is 0 Å². The fraction of sp³-hybridized carbons (Fsp3) is 0.286. The van der Waals surface area contributed by atoms with Gasteiger partial charge in [0.05, 0.1) is 11.8 Å². The molecule has 21 heavy (non-hydrogen) atoms. The Hall–Kier alpha value is -2.54. The molecule has 3 aromatic rings. The third-order valence-corrected chi connectivity index (χ3v) is 3.30. The number of fused-ring (bicyclic) bond motifs is 1. The monoisotopic (exact) mass is 285 g/mol. The van der Waals surface area contributed by atoms with Crippen LogP contribution in [0.15, 0.2) is 35.4 Å². The average molecular weight is 285 g/mol. The van der Waals surface area contributed by atoms with Gasteiger partial charge in [0.15, 0.2) is 0 Å². The average Bonchev–Trinajstić information content (AvgIpc) is 2.90. The summed E-state index contributed by atoms with van der Waals surface area (Å²) in [6.45, 7) is 2.21. The van der Waals surface area contributed by atoms with Crippen LogP contribution in [0, 0.1) is 6.92 Å². The molecule has 7 nitrogen and oxygen atoms in total. The number of aromatic nitrogens is 4. The van der Waals surface area contributed by atoms with E-state index in [9.17, 15) is 5.11 Å². The van der Waals surface area contributed by atoms with Crippen molar-refractivity contribution < 1.29 is 9.63 Å². The van der Waals surface area contributed by atoms with Gasteiger partial charge in [-0.05, 0) is 13.0 Å². The van der Waals surface area contributed by atoms with Gasteiger partial charge in [0.25, 0.3) is 5.71 Å². The quantitative estimate of drug-likeness (QED) is 0.776. The van der Waals surface area contributed by atoms with Gasteiger partial charge in [-0.15, -0.1) is 0 Å². The molecule has 0 aliphatic heterocycles. The number of aliphatic hydroxyl groups excluding tert-OH is 1. The van der Waals surface area contributed by atoms with Crippen LogP contribution in [0.25, 0.3) is 11.1 Å². The summed E-state index contributed by atoms with van der Waals surface area (Å²) >= 11 is 0. The van der Waals surface area contributed by atoms with Crippen LogP contribution in [0.4, 0.5) is 5.82 Å². The van der Waals surface area contributed by atoms with Crippen LogP contribution in [-0.2, 0) is 0 Å². The second-order valence-corrected chi connectivity index (χ2v) is 4.83. The van der Waals surface area contributed by atoms with Crippen molar-refractivity contribution in [1.29, 1.82) is 0 Å². The molecule has 7 heteroatoms. The Bertz CT molecular complexity index is 743. The van der Waals surface area contributed by atoms with Crippen LogP contribution in [0.1, 0.15) is 17.4 Å². The van der Waals surface area contributed by atoms with Gasteiger partial charge < -0.3 is 14.5 Å². The van der Waals surface area contributed by atoms with E-state index >= 15 is 0 Å². The Morgan fingerprint density at radius 2 is 2.24 bits per heavy atom. The molecule has 0 radical (unpaired) electrons. The molecule has 3 heterocycles. The summed E-state index contributed by atoms with van der Waals surface area (Å²) in [6.07, 6.45) is 4.09. The molecule has 1 N–H and O–H groups in total. The van der Waals surface area contributed by atoms with Crippen molar-refractivity contribution in [1.82, 2.24) is 20.1 Å². The topological polar surface area (TPSA) is 88.2 Å². The van der Waals surface area contributed by atoms with Gasteiger partial charge in [0.1, 0.15) is 17.5 Å². The molecule has 0 spiro atoms. The predicted molar refractivity (Wildman–Crippen MR) is 76.8 cm³/mol. The van der Waals surface area contributed by atoms with E-state index in [4.69, 9.17) is 4.52 Å². The minimum absolute atomic E-state index is 0.377.